The third kappa shape index (κ3) is 5.07. The van der Waals surface area contributed by atoms with Crippen LogP contribution in [0, 0.1) is 5.82 Å². The quantitative estimate of drug-likeness (QED) is 0.404. The predicted octanol–water partition coefficient (Wildman–Crippen LogP) is 6.33. The molecule has 0 bridgehead atoms. The number of rotatable bonds is 5. The van der Waals surface area contributed by atoms with Gasteiger partial charge in [0.1, 0.15) is 12.0 Å². The molecule has 0 saturated heterocycles. The summed E-state index contributed by atoms with van der Waals surface area (Å²) < 4.78 is 82.1. The lowest BCUT2D eigenvalue weighted by Gasteiger charge is -2.20. The second-order valence-corrected chi connectivity index (χ2v) is 8.67. The fraction of sp³-hybridized carbons (Fsp3) is 0.192. The predicted molar refractivity (Wildman–Crippen MR) is 125 cm³/mol. The fourth-order valence-corrected chi connectivity index (χ4v) is 4.07. The lowest BCUT2D eigenvalue weighted by Crippen LogP contribution is -2.23. The van der Waals surface area contributed by atoms with Gasteiger partial charge >= 0.3 is 6.18 Å². The van der Waals surface area contributed by atoms with Gasteiger partial charge in [0, 0.05) is 36.0 Å². The summed E-state index contributed by atoms with van der Waals surface area (Å²) in [5, 5.41) is 11.1. The van der Waals surface area contributed by atoms with Crippen LogP contribution in [-0.2, 0) is 18.6 Å². The van der Waals surface area contributed by atoms with Gasteiger partial charge in [-0.25, -0.2) is 13.2 Å². The van der Waals surface area contributed by atoms with Gasteiger partial charge in [-0.05, 0) is 30.3 Å². The van der Waals surface area contributed by atoms with Crippen molar-refractivity contribution in [2.24, 2.45) is 4.99 Å². The molecule has 2 aromatic carbocycles. The van der Waals surface area contributed by atoms with E-state index in [0.717, 1.165) is 12.1 Å². The molecule has 0 spiro atoms. The Balaban J connectivity index is 1.33. The molecule has 2 aliphatic rings. The summed E-state index contributed by atoms with van der Waals surface area (Å²) in [6.07, 6.45) is -0.148. The monoisotopic (exact) mass is 515 g/mol. The Morgan fingerprint density at radius 2 is 1.76 bits per heavy atom. The van der Waals surface area contributed by atoms with Gasteiger partial charge in [0.2, 0.25) is 0 Å². The highest BCUT2D eigenvalue weighted by Gasteiger charge is 2.37. The van der Waals surface area contributed by atoms with E-state index < -0.39 is 29.4 Å². The van der Waals surface area contributed by atoms with Gasteiger partial charge in [0.05, 0.1) is 34.9 Å². The number of benzene rings is 2. The van der Waals surface area contributed by atoms with Gasteiger partial charge in [0.15, 0.2) is 0 Å². The molecular weight excluding hydrogens is 496 g/mol. The highest BCUT2D eigenvalue weighted by atomic mass is 19.4. The van der Waals surface area contributed by atoms with Gasteiger partial charge in [-0.1, -0.05) is 30.3 Å². The van der Waals surface area contributed by atoms with Crippen molar-refractivity contribution < 1.29 is 26.3 Å². The molecule has 0 saturated carbocycles. The molecule has 2 aliphatic heterocycles. The van der Waals surface area contributed by atoms with Crippen molar-refractivity contribution in [3.63, 3.8) is 0 Å². The summed E-state index contributed by atoms with van der Waals surface area (Å²) >= 11 is 0. The zero-order valence-corrected chi connectivity index (χ0v) is 19.3. The molecule has 3 heterocycles. The third-order valence-corrected chi connectivity index (χ3v) is 5.93. The van der Waals surface area contributed by atoms with Crippen LogP contribution in [0.5, 0.6) is 0 Å². The number of alkyl halides is 5. The summed E-state index contributed by atoms with van der Waals surface area (Å²) in [7, 11) is 0. The maximum absolute atomic E-state index is 14.1. The van der Waals surface area contributed by atoms with Crippen LogP contribution in [0.2, 0.25) is 0 Å². The Morgan fingerprint density at radius 1 is 0.973 bits per heavy atom. The number of allylic oxidation sites excluding steroid dienone is 1. The number of aliphatic imine (C=N–C) groups is 1. The molecule has 1 aromatic heterocycles. The van der Waals surface area contributed by atoms with Crippen molar-refractivity contribution in [1.29, 1.82) is 0 Å². The third-order valence-electron chi connectivity index (χ3n) is 5.93. The van der Waals surface area contributed by atoms with E-state index in [-0.39, 0.29) is 23.6 Å². The van der Waals surface area contributed by atoms with E-state index in [1.165, 1.54) is 18.2 Å². The molecule has 1 unspecified atom stereocenters. The van der Waals surface area contributed by atoms with Crippen molar-refractivity contribution in [2.45, 2.75) is 31.7 Å². The molecule has 37 heavy (non-hydrogen) atoms. The van der Waals surface area contributed by atoms with Crippen molar-refractivity contribution in [3.8, 4) is 11.3 Å². The zero-order chi connectivity index (χ0) is 26.4. The number of aromatic nitrogens is 2. The maximum atomic E-state index is 14.1. The molecule has 0 fully saturated rings. The van der Waals surface area contributed by atoms with Crippen LogP contribution in [0.1, 0.15) is 35.5 Å². The number of hydrogen-bond acceptors (Lipinski definition) is 5. The minimum Gasteiger partial charge on any atom is -0.357 e. The highest BCUT2D eigenvalue weighted by molar-refractivity contribution is 6.10. The van der Waals surface area contributed by atoms with Gasteiger partial charge in [-0.2, -0.15) is 23.4 Å². The van der Waals surface area contributed by atoms with Gasteiger partial charge in [-0.15, -0.1) is 0 Å². The average Bonchev–Trinajstić information content (AvgIpc) is 3.26. The first-order valence-electron chi connectivity index (χ1n) is 11.2. The van der Waals surface area contributed by atoms with Gasteiger partial charge in [0.25, 0.3) is 5.92 Å². The maximum Gasteiger partial charge on any atom is 0.417 e. The Kier molecular flexibility index (Phi) is 6.01. The van der Waals surface area contributed by atoms with Crippen LogP contribution in [-0.4, -0.2) is 20.8 Å². The number of fused-ring (bicyclic) bond motifs is 1. The SMILES string of the molecule is CC(F)(F)c1ccc(-c2ccc(CN3C=CC4=NC(c5ccccc5F)NC4=C3)nn2)c(C(F)(F)F)c1. The summed E-state index contributed by atoms with van der Waals surface area (Å²) in [6, 6.07) is 11.6. The standard InChI is InChI=1S/C26H19F6N5/c1-25(28,29)15-6-8-17(19(12-15)26(30,31)32)21-9-7-16(35-36-21)13-37-11-10-22-23(14-37)34-24(33-22)18-4-2-3-5-20(18)27/h2-12,14,24,34H,13H2,1H3. The Hall–Kier alpha value is -4.15. The van der Waals surface area contributed by atoms with E-state index in [9.17, 15) is 26.3 Å². The van der Waals surface area contributed by atoms with Gasteiger partial charge in [-0.3, -0.25) is 4.99 Å². The van der Waals surface area contributed by atoms with Crippen LogP contribution in [0.25, 0.3) is 11.3 Å². The first kappa shape index (κ1) is 24.5. The van der Waals surface area contributed by atoms with Crippen LogP contribution >= 0.6 is 0 Å². The molecule has 190 valence electrons. The summed E-state index contributed by atoms with van der Waals surface area (Å²) in [4.78, 5) is 6.27. The molecule has 5 nitrogen and oxygen atoms in total. The minimum absolute atomic E-state index is 0.0887. The topological polar surface area (TPSA) is 53.4 Å². The molecule has 0 aliphatic carbocycles. The molecule has 11 heteroatoms. The smallest absolute Gasteiger partial charge is 0.357 e. The summed E-state index contributed by atoms with van der Waals surface area (Å²) in [5.41, 5.74) is -0.154. The van der Waals surface area contributed by atoms with E-state index >= 15 is 0 Å². The number of nitrogens with one attached hydrogen (secondary N) is 1. The molecule has 0 amide bonds. The fourth-order valence-electron chi connectivity index (χ4n) is 4.07. The lowest BCUT2D eigenvalue weighted by atomic mass is 9.98. The van der Waals surface area contributed by atoms with Crippen LogP contribution in [0.15, 0.2) is 83.8 Å². The van der Waals surface area contributed by atoms with Gasteiger partial charge < -0.3 is 10.2 Å². The van der Waals surface area contributed by atoms with Crippen molar-refractivity contribution >= 4 is 5.71 Å². The van der Waals surface area contributed by atoms with Crippen LogP contribution < -0.4 is 5.32 Å². The molecular formula is C26H19F6N5. The second-order valence-electron chi connectivity index (χ2n) is 8.67. The number of halogens is 6. The molecule has 5 rings (SSSR count). The van der Waals surface area contributed by atoms with E-state index in [0.29, 0.717) is 35.7 Å². The first-order valence-corrected chi connectivity index (χ1v) is 11.2. The Labute approximate surface area is 207 Å². The summed E-state index contributed by atoms with van der Waals surface area (Å²) in [6.45, 7) is 0.789. The van der Waals surface area contributed by atoms with E-state index in [1.54, 1.807) is 41.6 Å². The molecule has 1 atom stereocenters. The molecule has 1 N–H and O–H groups in total. The van der Waals surface area contributed by atoms with Crippen LogP contribution in [0.3, 0.4) is 0 Å². The van der Waals surface area contributed by atoms with E-state index in [1.807, 2.05) is 0 Å². The van der Waals surface area contributed by atoms with Crippen molar-refractivity contribution in [3.05, 3.63) is 107 Å². The van der Waals surface area contributed by atoms with Crippen molar-refractivity contribution in [1.82, 2.24) is 20.4 Å². The van der Waals surface area contributed by atoms with Crippen LogP contribution in [0.4, 0.5) is 26.3 Å². The van der Waals surface area contributed by atoms with Crippen molar-refractivity contribution in [2.75, 3.05) is 0 Å². The Morgan fingerprint density at radius 3 is 2.43 bits per heavy atom. The number of hydrogen-bond donors (Lipinski definition) is 1. The zero-order valence-electron chi connectivity index (χ0n) is 19.3. The molecule has 3 aromatic rings. The summed E-state index contributed by atoms with van der Waals surface area (Å²) in [5.74, 6) is -3.79. The largest absolute Gasteiger partial charge is 0.417 e. The highest BCUT2D eigenvalue weighted by Crippen LogP contribution is 2.40. The van der Waals surface area contributed by atoms with E-state index in [4.69, 9.17) is 0 Å². The normalized spacial score (nSPS) is 17.3. The lowest BCUT2D eigenvalue weighted by molar-refractivity contribution is -0.137. The second kappa shape index (κ2) is 9.06. The minimum atomic E-state index is -4.85. The number of nitrogens with zero attached hydrogens (tertiary/aromatic N) is 4. The molecule has 0 radical (unpaired) electrons. The first-order chi connectivity index (χ1) is 17.5. The average molecular weight is 515 g/mol. The Bertz CT molecular complexity index is 1420. The van der Waals surface area contributed by atoms with E-state index in [2.05, 4.69) is 20.5 Å².